The molecule has 2 unspecified atom stereocenters. The van der Waals surface area contributed by atoms with Crippen LogP contribution in [-0.4, -0.2) is 11.0 Å². The van der Waals surface area contributed by atoms with Crippen LogP contribution in [0, 0.1) is 0 Å². The second-order valence-electron chi connectivity index (χ2n) is 5.23. The van der Waals surface area contributed by atoms with Crippen LogP contribution in [0.3, 0.4) is 0 Å². The summed E-state index contributed by atoms with van der Waals surface area (Å²) in [4.78, 5) is 4.26. The molecule has 94 valence electrons. The molecule has 0 aliphatic heterocycles. The summed E-state index contributed by atoms with van der Waals surface area (Å²) >= 11 is 0. The SMILES string of the molecule is NC1CCCC(F)(c2ccc3ncccc3c2)C1. The molecule has 3 rings (SSSR count). The zero-order valence-corrected chi connectivity index (χ0v) is 10.3. The minimum atomic E-state index is -1.26. The van der Waals surface area contributed by atoms with Crippen molar-refractivity contribution in [3.63, 3.8) is 0 Å². The van der Waals surface area contributed by atoms with Gasteiger partial charge in [-0.05, 0) is 43.0 Å². The van der Waals surface area contributed by atoms with E-state index in [9.17, 15) is 4.39 Å². The molecule has 1 saturated carbocycles. The van der Waals surface area contributed by atoms with E-state index in [1.807, 2.05) is 30.3 Å². The van der Waals surface area contributed by atoms with E-state index in [4.69, 9.17) is 5.73 Å². The van der Waals surface area contributed by atoms with Crippen LogP contribution < -0.4 is 5.73 Å². The van der Waals surface area contributed by atoms with Gasteiger partial charge in [-0.2, -0.15) is 0 Å². The number of halogens is 1. The molecule has 1 aromatic heterocycles. The molecule has 0 bridgehead atoms. The van der Waals surface area contributed by atoms with E-state index in [1.54, 1.807) is 6.20 Å². The number of hydrogen-bond acceptors (Lipinski definition) is 2. The fourth-order valence-corrected chi connectivity index (χ4v) is 2.88. The van der Waals surface area contributed by atoms with E-state index in [0.717, 1.165) is 29.3 Å². The van der Waals surface area contributed by atoms with E-state index < -0.39 is 5.67 Å². The Labute approximate surface area is 106 Å². The number of aromatic nitrogens is 1. The van der Waals surface area contributed by atoms with Crippen molar-refractivity contribution in [1.29, 1.82) is 0 Å². The Morgan fingerprint density at radius 2 is 2.22 bits per heavy atom. The molecule has 2 nitrogen and oxygen atoms in total. The molecular weight excluding hydrogens is 227 g/mol. The molecule has 0 radical (unpaired) electrons. The fraction of sp³-hybridized carbons (Fsp3) is 0.400. The van der Waals surface area contributed by atoms with Crippen LogP contribution in [0.25, 0.3) is 10.9 Å². The first-order valence-corrected chi connectivity index (χ1v) is 6.47. The van der Waals surface area contributed by atoms with Crippen LogP contribution >= 0.6 is 0 Å². The molecule has 1 fully saturated rings. The predicted molar refractivity (Wildman–Crippen MR) is 71.0 cm³/mol. The average molecular weight is 244 g/mol. The molecule has 18 heavy (non-hydrogen) atoms. The topological polar surface area (TPSA) is 38.9 Å². The standard InChI is InChI=1S/C15H17FN2/c16-15(7-1-4-13(17)10-15)12-5-6-14-11(9-12)3-2-8-18-14/h2-3,5-6,8-9,13H,1,4,7,10,17H2. The van der Waals surface area contributed by atoms with Gasteiger partial charge in [0, 0.05) is 24.0 Å². The van der Waals surface area contributed by atoms with E-state index in [0.29, 0.717) is 12.8 Å². The highest BCUT2D eigenvalue weighted by molar-refractivity contribution is 5.79. The van der Waals surface area contributed by atoms with Gasteiger partial charge in [0.15, 0.2) is 0 Å². The molecule has 3 heteroatoms. The summed E-state index contributed by atoms with van der Waals surface area (Å²) in [6.07, 6.45) is 4.55. The van der Waals surface area contributed by atoms with Gasteiger partial charge >= 0.3 is 0 Å². The molecule has 1 heterocycles. The summed E-state index contributed by atoms with van der Waals surface area (Å²) in [6, 6.07) is 9.50. The first-order valence-electron chi connectivity index (χ1n) is 6.47. The zero-order chi connectivity index (χ0) is 12.6. The van der Waals surface area contributed by atoms with Crippen LogP contribution in [0.15, 0.2) is 36.5 Å². The van der Waals surface area contributed by atoms with Crippen molar-refractivity contribution in [2.24, 2.45) is 5.73 Å². The van der Waals surface area contributed by atoms with Crippen LogP contribution in [-0.2, 0) is 5.67 Å². The van der Waals surface area contributed by atoms with E-state index in [-0.39, 0.29) is 6.04 Å². The van der Waals surface area contributed by atoms with Crippen molar-refractivity contribution in [3.8, 4) is 0 Å². The summed E-state index contributed by atoms with van der Waals surface area (Å²) in [7, 11) is 0. The normalized spacial score (nSPS) is 28.4. The van der Waals surface area contributed by atoms with Crippen molar-refractivity contribution in [2.45, 2.75) is 37.4 Å². The van der Waals surface area contributed by atoms with Gasteiger partial charge in [0.25, 0.3) is 0 Å². The van der Waals surface area contributed by atoms with Crippen LogP contribution in [0.2, 0.25) is 0 Å². The lowest BCUT2D eigenvalue weighted by Crippen LogP contribution is -2.36. The number of benzene rings is 1. The fourth-order valence-electron chi connectivity index (χ4n) is 2.88. The maximum atomic E-state index is 15.0. The third-order valence-electron chi connectivity index (χ3n) is 3.85. The summed E-state index contributed by atoms with van der Waals surface area (Å²) in [5.74, 6) is 0. The largest absolute Gasteiger partial charge is 0.328 e. The minimum absolute atomic E-state index is 0.0201. The van der Waals surface area contributed by atoms with Gasteiger partial charge in [0.05, 0.1) is 5.52 Å². The second kappa shape index (κ2) is 4.32. The molecule has 2 aromatic rings. The molecule has 1 aliphatic carbocycles. The molecule has 1 aliphatic rings. The summed E-state index contributed by atoms with van der Waals surface area (Å²) in [6.45, 7) is 0. The Kier molecular flexibility index (Phi) is 2.78. The van der Waals surface area contributed by atoms with Crippen LogP contribution in [0.1, 0.15) is 31.2 Å². The summed E-state index contributed by atoms with van der Waals surface area (Å²) in [5, 5.41) is 0.992. The number of hydrogen-bond donors (Lipinski definition) is 1. The lowest BCUT2D eigenvalue weighted by Gasteiger charge is -2.33. The smallest absolute Gasteiger partial charge is 0.137 e. The van der Waals surface area contributed by atoms with Crippen molar-refractivity contribution in [1.82, 2.24) is 4.98 Å². The van der Waals surface area contributed by atoms with Crippen molar-refractivity contribution in [3.05, 3.63) is 42.1 Å². The maximum absolute atomic E-state index is 15.0. The number of pyridine rings is 1. The number of rotatable bonds is 1. The first-order chi connectivity index (χ1) is 8.67. The Balaban J connectivity index is 2.02. The molecule has 1 aromatic carbocycles. The number of alkyl halides is 1. The average Bonchev–Trinajstić information content (AvgIpc) is 2.38. The van der Waals surface area contributed by atoms with Gasteiger partial charge in [-0.15, -0.1) is 0 Å². The highest BCUT2D eigenvalue weighted by Gasteiger charge is 2.36. The Hall–Kier alpha value is -1.48. The molecule has 2 N–H and O–H groups in total. The third kappa shape index (κ3) is 1.99. The van der Waals surface area contributed by atoms with E-state index in [1.165, 1.54) is 0 Å². The molecule has 2 atom stereocenters. The highest BCUT2D eigenvalue weighted by Crippen LogP contribution is 2.40. The second-order valence-corrected chi connectivity index (χ2v) is 5.23. The van der Waals surface area contributed by atoms with Gasteiger partial charge in [-0.25, -0.2) is 4.39 Å². The quantitative estimate of drug-likeness (QED) is 0.836. The van der Waals surface area contributed by atoms with Crippen molar-refractivity contribution >= 4 is 10.9 Å². The number of nitrogens with two attached hydrogens (primary N) is 1. The molecule has 0 amide bonds. The summed E-state index contributed by atoms with van der Waals surface area (Å²) in [5.41, 5.74) is 6.30. The zero-order valence-electron chi connectivity index (χ0n) is 10.3. The van der Waals surface area contributed by atoms with E-state index in [2.05, 4.69) is 4.98 Å². The minimum Gasteiger partial charge on any atom is -0.328 e. The maximum Gasteiger partial charge on any atom is 0.137 e. The lowest BCUT2D eigenvalue weighted by atomic mass is 9.79. The monoisotopic (exact) mass is 244 g/mol. The first kappa shape index (κ1) is 11.6. The molecular formula is C15H17FN2. The number of fused-ring (bicyclic) bond motifs is 1. The van der Waals surface area contributed by atoms with Gasteiger partial charge < -0.3 is 5.73 Å². The highest BCUT2D eigenvalue weighted by atomic mass is 19.1. The Morgan fingerprint density at radius 3 is 3.06 bits per heavy atom. The third-order valence-corrected chi connectivity index (χ3v) is 3.85. The Bertz CT molecular complexity index is 569. The molecule has 0 saturated heterocycles. The van der Waals surface area contributed by atoms with Gasteiger partial charge in [0.1, 0.15) is 5.67 Å². The predicted octanol–water partition coefficient (Wildman–Crippen LogP) is 3.30. The number of nitrogens with zero attached hydrogens (tertiary/aromatic N) is 1. The summed E-state index contributed by atoms with van der Waals surface area (Å²) < 4.78 is 15.0. The van der Waals surface area contributed by atoms with Crippen molar-refractivity contribution < 1.29 is 4.39 Å². The van der Waals surface area contributed by atoms with Crippen LogP contribution in [0.4, 0.5) is 4.39 Å². The van der Waals surface area contributed by atoms with Crippen LogP contribution in [0.5, 0.6) is 0 Å². The van der Waals surface area contributed by atoms with Gasteiger partial charge in [-0.1, -0.05) is 12.1 Å². The molecule has 0 spiro atoms. The van der Waals surface area contributed by atoms with Gasteiger partial charge in [-0.3, -0.25) is 4.98 Å². The lowest BCUT2D eigenvalue weighted by molar-refractivity contribution is 0.0949. The van der Waals surface area contributed by atoms with Crippen molar-refractivity contribution in [2.75, 3.05) is 0 Å². The van der Waals surface area contributed by atoms with Gasteiger partial charge in [0.2, 0.25) is 0 Å². The van der Waals surface area contributed by atoms with E-state index >= 15 is 0 Å². The Morgan fingerprint density at radius 1 is 1.33 bits per heavy atom.